The van der Waals surface area contributed by atoms with E-state index < -0.39 is 0 Å². The molecule has 4 N–H and O–H groups in total. The van der Waals surface area contributed by atoms with Gasteiger partial charge in [-0.3, -0.25) is 0 Å². The lowest BCUT2D eigenvalue weighted by Crippen LogP contribution is -2.19. The second kappa shape index (κ2) is 9.09. The first-order valence-corrected chi connectivity index (χ1v) is 9.68. The van der Waals surface area contributed by atoms with Crippen LogP contribution in [0.2, 0.25) is 5.15 Å². The largest absolute Gasteiger partial charge is 0.474 e. The molecule has 0 amide bonds. The van der Waals surface area contributed by atoms with E-state index in [0.29, 0.717) is 28.7 Å². The zero-order chi connectivity index (χ0) is 20.1. The maximum Gasteiger partial charge on any atom is 0.229 e. The summed E-state index contributed by atoms with van der Waals surface area (Å²) in [5.74, 6) is 7.45. The van der Waals surface area contributed by atoms with Crippen LogP contribution in [-0.4, -0.2) is 38.8 Å². The number of ether oxygens (including phenoxy) is 1. The Balaban J connectivity index is 1.90. The number of pyridine rings is 1. The van der Waals surface area contributed by atoms with Crippen molar-refractivity contribution in [1.29, 1.82) is 0 Å². The number of anilines is 2. The van der Waals surface area contributed by atoms with Crippen molar-refractivity contribution >= 4 is 23.4 Å². The van der Waals surface area contributed by atoms with Gasteiger partial charge in [-0.05, 0) is 51.2 Å². The lowest BCUT2D eigenvalue weighted by Gasteiger charge is -2.15. The Hall–Kier alpha value is -2.56. The predicted molar refractivity (Wildman–Crippen MR) is 109 cm³/mol. The van der Waals surface area contributed by atoms with E-state index in [1.54, 1.807) is 12.3 Å². The molecule has 0 radical (unpaired) electrons. The Morgan fingerprint density at radius 1 is 1.36 bits per heavy atom. The van der Waals surface area contributed by atoms with E-state index in [9.17, 15) is 5.11 Å². The fourth-order valence-electron chi connectivity index (χ4n) is 3.16. The Bertz CT molecular complexity index is 894. The van der Waals surface area contributed by atoms with Gasteiger partial charge in [-0.2, -0.15) is 9.97 Å². The molecule has 2 heterocycles. The third kappa shape index (κ3) is 5.03. The summed E-state index contributed by atoms with van der Waals surface area (Å²) in [5, 5.41) is 12.9. The molecule has 1 aliphatic carbocycles. The molecule has 2 aromatic rings. The number of aliphatic hydroxyl groups excluding tert-OH is 1. The van der Waals surface area contributed by atoms with Gasteiger partial charge in [0, 0.05) is 18.8 Å². The molecule has 148 valence electrons. The number of nitrogens with two attached hydrogens (primary N) is 1. The molecule has 0 spiro atoms. The van der Waals surface area contributed by atoms with Gasteiger partial charge >= 0.3 is 0 Å². The monoisotopic (exact) mass is 401 g/mol. The van der Waals surface area contributed by atoms with Gasteiger partial charge in [-0.15, -0.1) is 0 Å². The standard InChI is InChI=1S/C20H24ClN5O2/c1-12(2)28-19-14(4-3-9-23-19)6-8-16-17(21)25-20(22)26-18(16)24-15-7-5-13(10-15)11-27/h3-4,9,12-13,15,27H,5,7,10-11H2,1-2H3,(H3,22,24,25,26). The zero-order valence-electron chi connectivity index (χ0n) is 15.9. The van der Waals surface area contributed by atoms with Gasteiger partial charge in [-0.1, -0.05) is 23.4 Å². The SMILES string of the molecule is CC(C)Oc1ncccc1C#Cc1c(Cl)nc(N)nc1NC1CCC(CO)C1. The number of nitrogens with one attached hydrogen (secondary N) is 1. The minimum atomic E-state index is -0.0158. The van der Waals surface area contributed by atoms with Crippen molar-refractivity contribution in [2.24, 2.45) is 5.92 Å². The van der Waals surface area contributed by atoms with Crippen LogP contribution >= 0.6 is 11.6 Å². The van der Waals surface area contributed by atoms with Crippen LogP contribution in [0, 0.1) is 17.8 Å². The smallest absolute Gasteiger partial charge is 0.229 e. The van der Waals surface area contributed by atoms with Gasteiger partial charge in [0.05, 0.1) is 11.7 Å². The van der Waals surface area contributed by atoms with Crippen LogP contribution in [-0.2, 0) is 0 Å². The molecule has 1 aliphatic rings. The highest BCUT2D eigenvalue weighted by Gasteiger charge is 2.25. The first-order chi connectivity index (χ1) is 13.5. The highest BCUT2D eigenvalue weighted by Crippen LogP contribution is 2.30. The maximum atomic E-state index is 9.36. The van der Waals surface area contributed by atoms with Crippen molar-refractivity contribution in [3.63, 3.8) is 0 Å². The van der Waals surface area contributed by atoms with Gasteiger partial charge in [0.2, 0.25) is 11.8 Å². The normalized spacial score (nSPS) is 18.6. The van der Waals surface area contributed by atoms with Crippen LogP contribution in [0.3, 0.4) is 0 Å². The number of nitrogens with zero attached hydrogens (tertiary/aromatic N) is 3. The van der Waals surface area contributed by atoms with Crippen molar-refractivity contribution in [2.45, 2.75) is 45.3 Å². The molecule has 7 nitrogen and oxygen atoms in total. The highest BCUT2D eigenvalue weighted by atomic mass is 35.5. The van der Waals surface area contributed by atoms with Crippen LogP contribution < -0.4 is 15.8 Å². The summed E-state index contributed by atoms with van der Waals surface area (Å²) in [6.45, 7) is 4.05. The minimum absolute atomic E-state index is 0.0158. The van der Waals surface area contributed by atoms with Crippen molar-refractivity contribution in [1.82, 2.24) is 15.0 Å². The van der Waals surface area contributed by atoms with E-state index in [1.807, 2.05) is 19.9 Å². The van der Waals surface area contributed by atoms with E-state index in [4.69, 9.17) is 22.1 Å². The summed E-state index contributed by atoms with van der Waals surface area (Å²) < 4.78 is 5.71. The fourth-order valence-corrected chi connectivity index (χ4v) is 3.39. The lowest BCUT2D eigenvalue weighted by atomic mass is 10.1. The summed E-state index contributed by atoms with van der Waals surface area (Å²) in [5.41, 5.74) is 6.90. The second-order valence-corrected chi connectivity index (χ2v) is 7.43. The van der Waals surface area contributed by atoms with Crippen LogP contribution in [0.5, 0.6) is 5.88 Å². The minimum Gasteiger partial charge on any atom is -0.474 e. The molecule has 1 fully saturated rings. The van der Waals surface area contributed by atoms with Gasteiger partial charge < -0.3 is 20.9 Å². The zero-order valence-corrected chi connectivity index (χ0v) is 16.7. The second-order valence-electron chi connectivity index (χ2n) is 7.07. The molecule has 0 aromatic carbocycles. The fraction of sp³-hybridized carbons (Fsp3) is 0.450. The van der Waals surface area contributed by atoms with Gasteiger partial charge in [-0.25, -0.2) is 4.98 Å². The van der Waals surface area contributed by atoms with E-state index in [1.165, 1.54) is 0 Å². The van der Waals surface area contributed by atoms with Crippen molar-refractivity contribution in [3.05, 3.63) is 34.6 Å². The molecule has 3 rings (SSSR count). The molecule has 1 saturated carbocycles. The molecule has 2 atom stereocenters. The number of hydrogen-bond donors (Lipinski definition) is 3. The summed E-state index contributed by atoms with van der Waals surface area (Å²) in [7, 11) is 0. The van der Waals surface area contributed by atoms with E-state index in [-0.39, 0.29) is 29.9 Å². The third-order valence-corrected chi connectivity index (χ3v) is 4.74. The van der Waals surface area contributed by atoms with E-state index in [2.05, 4.69) is 32.1 Å². The van der Waals surface area contributed by atoms with E-state index in [0.717, 1.165) is 19.3 Å². The molecule has 2 aromatic heterocycles. The molecule has 8 heteroatoms. The number of halogens is 1. The van der Waals surface area contributed by atoms with Crippen LogP contribution in [0.25, 0.3) is 0 Å². The van der Waals surface area contributed by atoms with Crippen LogP contribution in [0.1, 0.15) is 44.2 Å². The first-order valence-electron chi connectivity index (χ1n) is 9.30. The van der Waals surface area contributed by atoms with Crippen molar-refractivity contribution in [3.8, 4) is 17.7 Å². The molecule has 0 bridgehead atoms. The molecule has 0 saturated heterocycles. The topological polar surface area (TPSA) is 106 Å². The van der Waals surface area contributed by atoms with Crippen LogP contribution in [0.15, 0.2) is 18.3 Å². The highest BCUT2D eigenvalue weighted by molar-refractivity contribution is 6.31. The summed E-state index contributed by atoms with van der Waals surface area (Å²) in [6, 6.07) is 3.81. The van der Waals surface area contributed by atoms with Crippen molar-refractivity contribution in [2.75, 3.05) is 17.7 Å². The average Bonchev–Trinajstić information content (AvgIpc) is 3.09. The third-order valence-electron chi connectivity index (χ3n) is 4.46. The first kappa shape index (κ1) is 20.2. The number of nitrogen functional groups attached to an aromatic ring is 1. The quantitative estimate of drug-likeness (QED) is 0.522. The molecule has 0 aliphatic heterocycles. The predicted octanol–water partition coefficient (Wildman–Crippen LogP) is 2.87. The summed E-state index contributed by atoms with van der Waals surface area (Å²) in [6.07, 6.45) is 4.41. The number of aromatic nitrogens is 3. The number of hydrogen-bond acceptors (Lipinski definition) is 7. The average molecular weight is 402 g/mol. The Morgan fingerprint density at radius 3 is 2.89 bits per heavy atom. The number of aliphatic hydroxyl groups is 1. The van der Waals surface area contributed by atoms with Crippen LogP contribution in [0.4, 0.5) is 11.8 Å². The summed E-state index contributed by atoms with van der Waals surface area (Å²) in [4.78, 5) is 12.6. The van der Waals surface area contributed by atoms with Gasteiger partial charge in [0.1, 0.15) is 11.4 Å². The molecule has 28 heavy (non-hydrogen) atoms. The Kier molecular flexibility index (Phi) is 6.55. The number of rotatable bonds is 5. The molecular weight excluding hydrogens is 378 g/mol. The maximum absolute atomic E-state index is 9.36. The molecular formula is C20H24ClN5O2. The van der Waals surface area contributed by atoms with Gasteiger partial charge in [0.15, 0.2) is 5.15 Å². The Morgan fingerprint density at radius 2 is 2.18 bits per heavy atom. The van der Waals surface area contributed by atoms with E-state index >= 15 is 0 Å². The molecule has 2 unspecified atom stereocenters. The lowest BCUT2D eigenvalue weighted by molar-refractivity contribution is 0.229. The van der Waals surface area contributed by atoms with Gasteiger partial charge in [0.25, 0.3) is 0 Å². The Labute approximate surface area is 169 Å². The summed E-state index contributed by atoms with van der Waals surface area (Å²) >= 11 is 6.31. The van der Waals surface area contributed by atoms with Crippen molar-refractivity contribution < 1.29 is 9.84 Å².